The smallest absolute Gasteiger partial charge is 0.245 e. The number of nitrogens with one attached hydrogen (secondary N) is 2. The molecule has 1 unspecified atom stereocenters. The van der Waals surface area contributed by atoms with Crippen LogP contribution >= 0.6 is 0 Å². The molecule has 1 aromatic heterocycles. The number of aliphatic hydroxyl groups is 4. The molecule has 0 radical (unpaired) electrons. The summed E-state index contributed by atoms with van der Waals surface area (Å²) in [6, 6.07) is 2.94. The zero-order valence-corrected chi connectivity index (χ0v) is 23.3. The normalized spacial score (nSPS) is 28.7. The molecule has 1 aromatic carbocycles. The monoisotopic (exact) mass is 564 g/mol. The van der Waals surface area contributed by atoms with E-state index in [9.17, 15) is 34.4 Å². The van der Waals surface area contributed by atoms with Gasteiger partial charge < -0.3 is 45.3 Å². The fourth-order valence-corrected chi connectivity index (χ4v) is 5.68. The van der Waals surface area contributed by atoms with Gasteiger partial charge >= 0.3 is 0 Å². The third-order valence-electron chi connectivity index (χ3n) is 8.19. The molecule has 40 heavy (non-hydrogen) atoms. The molecule has 222 valence electrons. The van der Waals surface area contributed by atoms with Crippen LogP contribution in [0.5, 0.6) is 0 Å². The van der Waals surface area contributed by atoms with Gasteiger partial charge in [-0.25, -0.2) is 4.39 Å². The highest BCUT2D eigenvalue weighted by molar-refractivity contribution is 5.90. The zero-order chi connectivity index (χ0) is 29.3. The first kappa shape index (κ1) is 30.4. The topological polar surface area (TPSA) is 157 Å². The molecule has 2 amide bonds. The molecule has 3 heterocycles. The third kappa shape index (κ3) is 5.88. The second-order valence-corrected chi connectivity index (χ2v) is 11.2. The summed E-state index contributed by atoms with van der Waals surface area (Å²) in [5.41, 5.74) is 1.19. The summed E-state index contributed by atoms with van der Waals surface area (Å²) in [5, 5.41) is 47.4. The average molecular weight is 565 g/mol. The van der Waals surface area contributed by atoms with Crippen molar-refractivity contribution in [2.24, 2.45) is 5.92 Å². The van der Waals surface area contributed by atoms with Crippen LogP contribution in [0, 0.1) is 11.7 Å². The number of hydrogen-bond donors (Lipinski definition) is 6. The molecule has 0 aliphatic carbocycles. The minimum absolute atomic E-state index is 0.127. The molecule has 4 rings (SSSR count). The molecule has 2 aliphatic heterocycles. The van der Waals surface area contributed by atoms with E-state index in [1.54, 1.807) is 31.1 Å². The Bertz CT molecular complexity index is 1200. The summed E-state index contributed by atoms with van der Waals surface area (Å²) < 4.78 is 21.6. The molecule has 2 aromatic rings. The Morgan fingerprint density at radius 3 is 2.52 bits per heavy atom. The van der Waals surface area contributed by atoms with Gasteiger partial charge in [-0.1, -0.05) is 13.8 Å². The third-order valence-corrected chi connectivity index (χ3v) is 8.19. The van der Waals surface area contributed by atoms with Crippen molar-refractivity contribution in [3.8, 4) is 0 Å². The van der Waals surface area contributed by atoms with Gasteiger partial charge in [0.2, 0.25) is 11.8 Å². The fraction of sp³-hybridized carbons (Fsp3) is 0.643. The number of aliphatic hydroxyl groups excluding tert-OH is 4. The number of nitrogens with zero attached hydrogens (tertiary/aromatic N) is 2. The average Bonchev–Trinajstić information content (AvgIpc) is 3.54. The van der Waals surface area contributed by atoms with Gasteiger partial charge in [0.1, 0.15) is 36.3 Å². The van der Waals surface area contributed by atoms with Crippen molar-refractivity contribution < 1.29 is 39.1 Å². The number of fused-ring (bicyclic) bond motifs is 1. The van der Waals surface area contributed by atoms with E-state index in [0.29, 0.717) is 23.9 Å². The number of carbonyl (C=O) groups excluding carboxylic acids is 2. The van der Waals surface area contributed by atoms with Gasteiger partial charge in [-0.2, -0.15) is 0 Å². The van der Waals surface area contributed by atoms with Crippen LogP contribution in [0.2, 0.25) is 0 Å². The lowest BCUT2D eigenvalue weighted by molar-refractivity contribution is -0.250. The van der Waals surface area contributed by atoms with Crippen LogP contribution in [0.25, 0.3) is 10.9 Å². The summed E-state index contributed by atoms with van der Waals surface area (Å²) >= 11 is 0. The molecule has 8 atom stereocenters. The number of benzene rings is 1. The minimum atomic E-state index is -1.58. The lowest BCUT2D eigenvalue weighted by Crippen LogP contribution is -2.56. The number of carbonyl (C=O) groups is 2. The van der Waals surface area contributed by atoms with Gasteiger partial charge in [0.05, 0.1) is 18.2 Å². The SMILES string of the molecule is CN[C@@H](C)C(=O)N[C@H](C(=O)N1CCC[C@H]1Cc1cn(C2O[C@H](CO)[C@@H](O)[C@H](O)[C@H]2O)c2cc(F)ccc12)C(C)C. The van der Waals surface area contributed by atoms with Crippen LogP contribution in [-0.2, 0) is 20.7 Å². The van der Waals surface area contributed by atoms with Crippen molar-refractivity contribution in [2.75, 3.05) is 20.2 Å². The first-order chi connectivity index (χ1) is 19.0. The van der Waals surface area contributed by atoms with E-state index in [1.165, 1.54) is 16.7 Å². The molecule has 2 aliphatic rings. The largest absolute Gasteiger partial charge is 0.394 e. The second-order valence-electron chi connectivity index (χ2n) is 11.2. The number of likely N-dealkylation sites (tertiary alicyclic amines) is 1. The molecule has 0 spiro atoms. The Hall–Kier alpha value is -2.61. The number of aromatic nitrogens is 1. The number of ether oxygens (including phenoxy) is 1. The number of likely N-dealkylation sites (N-methyl/N-ethyl adjacent to an activating group) is 1. The zero-order valence-electron chi connectivity index (χ0n) is 23.3. The lowest BCUT2D eigenvalue weighted by atomic mass is 9.98. The summed E-state index contributed by atoms with van der Waals surface area (Å²) in [6.07, 6.45) is -3.27. The Labute approximate surface area is 232 Å². The van der Waals surface area contributed by atoms with Gasteiger partial charge in [0.15, 0.2) is 6.23 Å². The van der Waals surface area contributed by atoms with Crippen molar-refractivity contribution in [2.45, 2.75) is 88.8 Å². The molecular weight excluding hydrogens is 523 g/mol. The van der Waals surface area contributed by atoms with E-state index < -0.39 is 55.2 Å². The lowest BCUT2D eigenvalue weighted by Gasteiger charge is -2.40. The molecular formula is C28H41FN4O7. The van der Waals surface area contributed by atoms with Crippen molar-refractivity contribution in [3.63, 3.8) is 0 Å². The van der Waals surface area contributed by atoms with Crippen LogP contribution in [-0.4, -0.2) is 104 Å². The number of halogens is 1. The summed E-state index contributed by atoms with van der Waals surface area (Å²) in [6.45, 7) is 5.47. The van der Waals surface area contributed by atoms with Crippen molar-refractivity contribution in [3.05, 3.63) is 35.8 Å². The quantitative estimate of drug-likeness (QED) is 0.249. The molecule has 2 fully saturated rings. The fourth-order valence-electron chi connectivity index (χ4n) is 5.68. The van der Waals surface area contributed by atoms with Crippen molar-refractivity contribution >= 4 is 22.7 Å². The van der Waals surface area contributed by atoms with E-state index in [2.05, 4.69) is 10.6 Å². The Morgan fingerprint density at radius 1 is 1.15 bits per heavy atom. The van der Waals surface area contributed by atoms with Gasteiger partial charge in [-0.15, -0.1) is 0 Å². The Morgan fingerprint density at radius 2 is 1.88 bits per heavy atom. The van der Waals surface area contributed by atoms with E-state index in [1.807, 2.05) is 13.8 Å². The van der Waals surface area contributed by atoms with Crippen LogP contribution in [0.15, 0.2) is 24.4 Å². The summed E-state index contributed by atoms with van der Waals surface area (Å²) in [4.78, 5) is 28.0. The van der Waals surface area contributed by atoms with Crippen molar-refractivity contribution in [1.29, 1.82) is 0 Å². The predicted molar refractivity (Wildman–Crippen MR) is 145 cm³/mol. The molecule has 12 heteroatoms. The molecule has 11 nitrogen and oxygen atoms in total. The summed E-state index contributed by atoms with van der Waals surface area (Å²) in [7, 11) is 1.68. The highest BCUT2D eigenvalue weighted by Gasteiger charge is 2.45. The number of amides is 2. The van der Waals surface area contributed by atoms with E-state index in [-0.39, 0.29) is 23.8 Å². The van der Waals surface area contributed by atoms with Crippen LogP contribution in [0.3, 0.4) is 0 Å². The van der Waals surface area contributed by atoms with Gasteiger partial charge in [0, 0.05) is 24.2 Å². The maximum atomic E-state index is 14.4. The minimum Gasteiger partial charge on any atom is -0.394 e. The number of rotatable bonds is 9. The second kappa shape index (κ2) is 12.5. The van der Waals surface area contributed by atoms with Crippen LogP contribution < -0.4 is 10.6 Å². The Kier molecular flexibility index (Phi) is 9.48. The van der Waals surface area contributed by atoms with Crippen LogP contribution in [0.4, 0.5) is 4.39 Å². The maximum absolute atomic E-state index is 14.4. The molecule has 0 bridgehead atoms. The van der Waals surface area contributed by atoms with E-state index in [0.717, 1.165) is 18.4 Å². The molecule has 2 saturated heterocycles. The Balaban J connectivity index is 1.63. The molecule has 6 N–H and O–H groups in total. The van der Waals surface area contributed by atoms with E-state index >= 15 is 0 Å². The summed E-state index contributed by atoms with van der Waals surface area (Å²) in [5.74, 6) is -1.04. The maximum Gasteiger partial charge on any atom is 0.245 e. The van der Waals surface area contributed by atoms with Gasteiger partial charge in [-0.05, 0) is 62.9 Å². The first-order valence-electron chi connectivity index (χ1n) is 13.9. The highest BCUT2D eigenvalue weighted by Crippen LogP contribution is 2.35. The van der Waals surface area contributed by atoms with Gasteiger partial charge in [-0.3, -0.25) is 9.59 Å². The predicted octanol–water partition coefficient (Wildman–Crippen LogP) is 0.0350. The van der Waals surface area contributed by atoms with Crippen molar-refractivity contribution in [1.82, 2.24) is 20.1 Å². The van der Waals surface area contributed by atoms with E-state index in [4.69, 9.17) is 4.74 Å². The number of hydrogen-bond acceptors (Lipinski definition) is 8. The molecule has 0 saturated carbocycles. The van der Waals surface area contributed by atoms with Crippen LogP contribution in [0.1, 0.15) is 45.4 Å². The van der Waals surface area contributed by atoms with Gasteiger partial charge in [0.25, 0.3) is 0 Å². The first-order valence-corrected chi connectivity index (χ1v) is 13.9. The highest BCUT2D eigenvalue weighted by atomic mass is 19.1. The standard InChI is InChI=1S/C28H41FN4O7/c1-14(2)22(31-26(38)15(3)30-4)27(39)32-9-5-6-18(32)10-16-12-33(20-11-17(29)7-8-19(16)20)28-25(37)24(36)23(35)21(13-34)40-28/h7-8,11-12,14-15,18,21-25,28,30,34-37H,5-6,9-10,13H2,1-4H3,(H,31,38)/t15-,18-,21+,22-,23+,24-,25+,28?/m0/s1.